The number of tetrazole rings is 1. The van der Waals surface area contributed by atoms with Crippen LogP contribution in [0.5, 0.6) is 0 Å². The van der Waals surface area contributed by atoms with Crippen molar-refractivity contribution in [1.29, 1.82) is 0 Å². The molecule has 0 radical (unpaired) electrons. The number of benzene rings is 1. The fourth-order valence-corrected chi connectivity index (χ4v) is 1.14. The zero-order chi connectivity index (χ0) is 9.80. The third-order valence-corrected chi connectivity index (χ3v) is 1.81. The normalized spacial score (nSPS) is 10.4. The summed E-state index contributed by atoms with van der Waals surface area (Å²) in [5.74, 6) is 0.677. The summed E-state index contributed by atoms with van der Waals surface area (Å²) in [6.07, 6.45) is 0.660. The van der Waals surface area contributed by atoms with Crippen LogP contribution in [0.1, 0.15) is 5.82 Å². The number of hydrogen-bond acceptors (Lipinski definition) is 4. The highest BCUT2D eigenvalue weighted by molar-refractivity contribution is 5.27. The Morgan fingerprint density at radius 2 is 2.00 bits per heavy atom. The van der Waals surface area contributed by atoms with Gasteiger partial charge in [-0.1, -0.05) is 18.2 Å². The van der Waals surface area contributed by atoms with Crippen LogP contribution < -0.4 is 5.73 Å². The molecule has 0 amide bonds. The highest BCUT2D eigenvalue weighted by atomic mass is 15.6. The van der Waals surface area contributed by atoms with Gasteiger partial charge in [0, 0.05) is 6.42 Å². The Labute approximate surface area is 81.5 Å². The zero-order valence-corrected chi connectivity index (χ0v) is 7.67. The molecule has 0 aliphatic rings. The summed E-state index contributed by atoms with van der Waals surface area (Å²) < 4.78 is 0. The van der Waals surface area contributed by atoms with Crippen molar-refractivity contribution in [2.24, 2.45) is 5.73 Å². The second-order valence-electron chi connectivity index (χ2n) is 2.87. The van der Waals surface area contributed by atoms with Crippen molar-refractivity contribution in [1.82, 2.24) is 20.2 Å². The Kier molecular flexibility index (Phi) is 2.51. The van der Waals surface area contributed by atoms with Crippen molar-refractivity contribution < 1.29 is 0 Å². The molecule has 0 saturated carbocycles. The lowest BCUT2D eigenvalue weighted by molar-refractivity contribution is 0.717. The van der Waals surface area contributed by atoms with E-state index in [1.54, 1.807) is 0 Å². The lowest BCUT2D eigenvalue weighted by Crippen LogP contribution is -2.05. The van der Waals surface area contributed by atoms with Crippen LogP contribution in [-0.2, 0) is 6.42 Å². The van der Waals surface area contributed by atoms with Gasteiger partial charge >= 0.3 is 0 Å². The van der Waals surface area contributed by atoms with Crippen molar-refractivity contribution in [3.05, 3.63) is 36.2 Å². The minimum Gasteiger partial charge on any atom is -0.330 e. The number of nitrogens with two attached hydrogens (primary N) is 1. The number of rotatable bonds is 3. The number of para-hydroxylation sites is 1. The summed E-state index contributed by atoms with van der Waals surface area (Å²) in [5, 5.41) is 12.0. The van der Waals surface area contributed by atoms with Crippen molar-refractivity contribution in [3.63, 3.8) is 0 Å². The van der Waals surface area contributed by atoms with Crippen LogP contribution in [0.3, 0.4) is 0 Å². The lowest BCUT2D eigenvalue weighted by atomic mass is 10.3. The summed E-state index contributed by atoms with van der Waals surface area (Å²) >= 11 is 0. The molecule has 1 aromatic heterocycles. The maximum Gasteiger partial charge on any atom is 0.176 e. The van der Waals surface area contributed by atoms with Crippen LogP contribution >= 0.6 is 0 Å². The maximum absolute atomic E-state index is 5.39. The molecule has 0 atom stereocenters. The molecule has 0 aliphatic carbocycles. The lowest BCUT2D eigenvalue weighted by Gasteiger charge is -1.95. The van der Waals surface area contributed by atoms with E-state index in [0.29, 0.717) is 18.8 Å². The Morgan fingerprint density at radius 1 is 1.21 bits per heavy atom. The predicted molar refractivity (Wildman–Crippen MR) is 51.9 cm³/mol. The van der Waals surface area contributed by atoms with Crippen molar-refractivity contribution in [2.75, 3.05) is 6.54 Å². The average molecular weight is 189 g/mol. The summed E-state index contributed by atoms with van der Waals surface area (Å²) in [6.45, 7) is 0.542. The van der Waals surface area contributed by atoms with E-state index in [2.05, 4.69) is 15.4 Å². The van der Waals surface area contributed by atoms with Crippen molar-refractivity contribution >= 4 is 0 Å². The molecule has 0 aliphatic heterocycles. The largest absolute Gasteiger partial charge is 0.330 e. The fourth-order valence-electron chi connectivity index (χ4n) is 1.14. The molecule has 5 heteroatoms. The molecular formula is C9H11N5. The molecule has 0 bridgehead atoms. The van der Waals surface area contributed by atoms with E-state index < -0.39 is 0 Å². The highest BCUT2D eigenvalue weighted by Crippen LogP contribution is 2.02. The zero-order valence-electron chi connectivity index (χ0n) is 7.67. The first-order valence-corrected chi connectivity index (χ1v) is 4.44. The third kappa shape index (κ3) is 1.77. The Morgan fingerprint density at radius 3 is 2.71 bits per heavy atom. The van der Waals surface area contributed by atoms with Gasteiger partial charge in [0.2, 0.25) is 0 Å². The van der Waals surface area contributed by atoms with Gasteiger partial charge in [0.1, 0.15) is 0 Å². The fraction of sp³-hybridized carbons (Fsp3) is 0.222. The van der Waals surface area contributed by atoms with E-state index in [4.69, 9.17) is 5.73 Å². The SMILES string of the molecule is NCCc1nnn(-c2ccccc2)n1. The van der Waals surface area contributed by atoms with E-state index in [-0.39, 0.29) is 0 Å². The molecule has 0 fully saturated rings. The topological polar surface area (TPSA) is 69.6 Å². The minimum absolute atomic E-state index is 0.542. The molecule has 2 N–H and O–H groups in total. The smallest absolute Gasteiger partial charge is 0.176 e. The van der Waals surface area contributed by atoms with E-state index >= 15 is 0 Å². The summed E-state index contributed by atoms with van der Waals surface area (Å²) in [6, 6.07) is 9.66. The van der Waals surface area contributed by atoms with Crippen molar-refractivity contribution in [3.8, 4) is 5.69 Å². The second-order valence-corrected chi connectivity index (χ2v) is 2.87. The van der Waals surface area contributed by atoms with Gasteiger partial charge < -0.3 is 5.73 Å². The maximum atomic E-state index is 5.39. The van der Waals surface area contributed by atoms with Crippen molar-refractivity contribution in [2.45, 2.75) is 6.42 Å². The van der Waals surface area contributed by atoms with Gasteiger partial charge in [-0.25, -0.2) is 0 Å². The predicted octanol–water partition coefficient (Wildman–Crippen LogP) is 0.163. The van der Waals surface area contributed by atoms with E-state index in [9.17, 15) is 0 Å². The minimum atomic E-state index is 0.542. The van der Waals surface area contributed by atoms with E-state index in [0.717, 1.165) is 5.69 Å². The number of nitrogens with zero attached hydrogens (tertiary/aromatic N) is 4. The van der Waals surface area contributed by atoms with Gasteiger partial charge in [-0.05, 0) is 23.9 Å². The molecule has 0 saturated heterocycles. The number of aromatic nitrogens is 4. The average Bonchev–Trinajstić information content (AvgIpc) is 2.68. The number of hydrogen-bond donors (Lipinski definition) is 1. The summed E-state index contributed by atoms with van der Waals surface area (Å²) in [5.41, 5.74) is 6.30. The van der Waals surface area contributed by atoms with Gasteiger partial charge in [0.25, 0.3) is 0 Å². The van der Waals surface area contributed by atoms with Crippen LogP contribution in [0.15, 0.2) is 30.3 Å². The van der Waals surface area contributed by atoms with Crippen LogP contribution in [0.25, 0.3) is 5.69 Å². The Hall–Kier alpha value is -1.75. The van der Waals surface area contributed by atoms with Crippen LogP contribution in [-0.4, -0.2) is 26.8 Å². The quantitative estimate of drug-likeness (QED) is 0.746. The van der Waals surface area contributed by atoms with E-state index in [1.165, 1.54) is 4.80 Å². The molecule has 14 heavy (non-hydrogen) atoms. The molecule has 0 spiro atoms. The second kappa shape index (κ2) is 3.97. The standard InChI is InChI=1S/C9H11N5/c10-7-6-9-11-13-14(12-9)8-4-2-1-3-5-8/h1-5H,6-7,10H2. The monoisotopic (exact) mass is 189 g/mol. The molecule has 2 rings (SSSR count). The summed E-state index contributed by atoms with van der Waals surface area (Å²) in [7, 11) is 0. The van der Waals surface area contributed by atoms with Gasteiger partial charge in [-0.2, -0.15) is 0 Å². The van der Waals surface area contributed by atoms with Gasteiger partial charge in [0.05, 0.1) is 5.69 Å². The Bertz CT molecular complexity index is 395. The molecule has 5 nitrogen and oxygen atoms in total. The molecule has 1 heterocycles. The Balaban J connectivity index is 2.25. The first-order chi connectivity index (χ1) is 6.90. The molecule has 72 valence electrons. The van der Waals surface area contributed by atoms with Gasteiger partial charge in [-0.3, -0.25) is 0 Å². The third-order valence-electron chi connectivity index (χ3n) is 1.81. The van der Waals surface area contributed by atoms with Crippen LogP contribution in [0, 0.1) is 0 Å². The van der Waals surface area contributed by atoms with Crippen LogP contribution in [0.2, 0.25) is 0 Å². The van der Waals surface area contributed by atoms with Gasteiger partial charge in [-0.15, -0.1) is 15.0 Å². The highest BCUT2D eigenvalue weighted by Gasteiger charge is 2.02. The first-order valence-electron chi connectivity index (χ1n) is 4.44. The molecular weight excluding hydrogens is 178 g/mol. The van der Waals surface area contributed by atoms with Crippen LogP contribution in [0.4, 0.5) is 0 Å². The molecule has 1 aromatic carbocycles. The summed E-state index contributed by atoms with van der Waals surface area (Å²) in [4.78, 5) is 1.50. The van der Waals surface area contributed by atoms with Gasteiger partial charge in [0.15, 0.2) is 5.82 Å². The first kappa shape index (κ1) is 8.83. The molecule has 2 aromatic rings. The van der Waals surface area contributed by atoms with E-state index in [1.807, 2.05) is 30.3 Å². The molecule has 0 unspecified atom stereocenters.